The predicted octanol–water partition coefficient (Wildman–Crippen LogP) is 3.02. The zero-order valence-corrected chi connectivity index (χ0v) is 19.1. The number of hydrogen-bond acceptors (Lipinski definition) is 4. The molecule has 7 heteroatoms. The van der Waals surface area contributed by atoms with Crippen molar-refractivity contribution in [2.24, 2.45) is 0 Å². The van der Waals surface area contributed by atoms with Gasteiger partial charge in [-0.3, -0.25) is 19.3 Å². The SMILES string of the molecule is CCCN(CCC)C(=O)CCCC(=O)NC1CCN(CC(=O)Nc2ccccc2)CC1. The molecular weight excluding hydrogens is 392 g/mol. The molecule has 3 amide bonds. The number of para-hydroxylation sites is 1. The average molecular weight is 431 g/mol. The monoisotopic (exact) mass is 430 g/mol. The molecule has 1 aromatic rings. The minimum absolute atomic E-state index is 0.0152. The van der Waals surface area contributed by atoms with Gasteiger partial charge in [-0.15, -0.1) is 0 Å². The Balaban J connectivity index is 1.60. The van der Waals surface area contributed by atoms with Crippen molar-refractivity contribution in [1.29, 1.82) is 0 Å². The van der Waals surface area contributed by atoms with Crippen LogP contribution in [0.15, 0.2) is 30.3 Å². The molecule has 7 nitrogen and oxygen atoms in total. The summed E-state index contributed by atoms with van der Waals surface area (Å²) >= 11 is 0. The van der Waals surface area contributed by atoms with Gasteiger partial charge in [0.15, 0.2) is 0 Å². The molecule has 1 fully saturated rings. The minimum Gasteiger partial charge on any atom is -0.353 e. The Hall–Kier alpha value is -2.41. The lowest BCUT2D eigenvalue weighted by Gasteiger charge is -2.31. The van der Waals surface area contributed by atoms with Crippen LogP contribution in [0.3, 0.4) is 0 Å². The maximum atomic E-state index is 12.3. The molecule has 0 atom stereocenters. The van der Waals surface area contributed by atoms with E-state index in [0.717, 1.165) is 57.5 Å². The number of likely N-dealkylation sites (tertiary alicyclic amines) is 1. The van der Waals surface area contributed by atoms with Crippen molar-refractivity contribution < 1.29 is 14.4 Å². The fourth-order valence-corrected chi connectivity index (χ4v) is 3.92. The topological polar surface area (TPSA) is 81.8 Å². The van der Waals surface area contributed by atoms with Gasteiger partial charge in [0.05, 0.1) is 6.54 Å². The Kier molecular flexibility index (Phi) is 11.1. The highest BCUT2D eigenvalue weighted by molar-refractivity contribution is 5.92. The first-order chi connectivity index (χ1) is 15.0. The number of anilines is 1. The summed E-state index contributed by atoms with van der Waals surface area (Å²) in [5.74, 6) is 0.155. The number of piperidine rings is 1. The van der Waals surface area contributed by atoms with Gasteiger partial charge in [-0.05, 0) is 44.2 Å². The number of hydrogen-bond donors (Lipinski definition) is 2. The number of nitrogens with zero attached hydrogens (tertiary/aromatic N) is 2. The van der Waals surface area contributed by atoms with E-state index in [1.807, 2.05) is 35.2 Å². The van der Waals surface area contributed by atoms with Crippen molar-refractivity contribution in [2.75, 3.05) is 38.0 Å². The summed E-state index contributed by atoms with van der Waals surface area (Å²) in [5, 5.41) is 6.00. The zero-order chi connectivity index (χ0) is 22.5. The van der Waals surface area contributed by atoms with Crippen molar-refractivity contribution in [3.63, 3.8) is 0 Å². The lowest BCUT2D eigenvalue weighted by Crippen LogP contribution is -2.46. The minimum atomic E-state index is -0.0152. The van der Waals surface area contributed by atoms with E-state index >= 15 is 0 Å². The number of carbonyl (C=O) groups is 3. The number of rotatable bonds is 12. The van der Waals surface area contributed by atoms with Crippen LogP contribution in [0.1, 0.15) is 58.8 Å². The van der Waals surface area contributed by atoms with Gasteiger partial charge >= 0.3 is 0 Å². The number of nitrogens with one attached hydrogen (secondary N) is 2. The van der Waals surface area contributed by atoms with E-state index in [1.165, 1.54) is 0 Å². The van der Waals surface area contributed by atoms with Gasteiger partial charge in [0.25, 0.3) is 0 Å². The maximum Gasteiger partial charge on any atom is 0.238 e. The third-order valence-electron chi connectivity index (χ3n) is 5.51. The van der Waals surface area contributed by atoms with Crippen molar-refractivity contribution >= 4 is 23.4 Å². The van der Waals surface area contributed by atoms with Crippen LogP contribution in [-0.4, -0.2) is 66.3 Å². The van der Waals surface area contributed by atoms with Crippen LogP contribution in [0.25, 0.3) is 0 Å². The van der Waals surface area contributed by atoms with Crippen LogP contribution in [0.4, 0.5) is 5.69 Å². The number of amides is 3. The smallest absolute Gasteiger partial charge is 0.238 e. The summed E-state index contributed by atoms with van der Waals surface area (Å²) in [5.41, 5.74) is 0.806. The van der Waals surface area contributed by atoms with Gasteiger partial charge < -0.3 is 15.5 Å². The molecule has 1 aliphatic rings. The molecule has 2 N–H and O–H groups in total. The second-order valence-corrected chi connectivity index (χ2v) is 8.27. The van der Waals surface area contributed by atoms with E-state index < -0.39 is 0 Å². The van der Waals surface area contributed by atoms with Gasteiger partial charge in [-0.25, -0.2) is 0 Å². The summed E-state index contributed by atoms with van der Waals surface area (Å²) in [6, 6.07) is 9.60. The molecule has 1 saturated heterocycles. The van der Waals surface area contributed by atoms with E-state index in [0.29, 0.717) is 25.8 Å². The number of carbonyl (C=O) groups excluding carboxylic acids is 3. The first-order valence-corrected chi connectivity index (χ1v) is 11.7. The summed E-state index contributed by atoms with van der Waals surface area (Å²) in [4.78, 5) is 40.8. The van der Waals surface area contributed by atoms with Crippen LogP contribution >= 0.6 is 0 Å². The lowest BCUT2D eigenvalue weighted by molar-refractivity contribution is -0.131. The van der Waals surface area contributed by atoms with Crippen LogP contribution in [0.2, 0.25) is 0 Å². The molecule has 0 bridgehead atoms. The third-order valence-corrected chi connectivity index (χ3v) is 5.51. The van der Waals surface area contributed by atoms with E-state index in [9.17, 15) is 14.4 Å². The molecule has 31 heavy (non-hydrogen) atoms. The molecule has 0 saturated carbocycles. The molecule has 0 aliphatic carbocycles. The summed E-state index contributed by atoms with van der Waals surface area (Å²) < 4.78 is 0. The Morgan fingerprint density at radius 2 is 1.61 bits per heavy atom. The fourth-order valence-electron chi connectivity index (χ4n) is 3.92. The van der Waals surface area contributed by atoms with Crippen LogP contribution in [0.5, 0.6) is 0 Å². The molecule has 0 spiro atoms. The van der Waals surface area contributed by atoms with Crippen LogP contribution < -0.4 is 10.6 Å². The van der Waals surface area contributed by atoms with E-state index in [4.69, 9.17) is 0 Å². The predicted molar refractivity (Wildman–Crippen MR) is 124 cm³/mol. The van der Waals surface area contributed by atoms with E-state index in [-0.39, 0.29) is 23.8 Å². The highest BCUT2D eigenvalue weighted by atomic mass is 16.2. The third kappa shape index (κ3) is 9.51. The van der Waals surface area contributed by atoms with Gasteiger partial charge in [-0.1, -0.05) is 32.0 Å². The second kappa shape index (κ2) is 13.8. The normalized spacial score (nSPS) is 14.8. The Labute approximate surface area is 186 Å². The molecular formula is C24H38N4O3. The molecule has 1 aliphatic heterocycles. The van der Waals surface area contributed by atoms with Crippen molar-refractivity contribution in [1.82, 2.24) is 15.1 Å². The summed E-state index contributed by atoms with van der Waals surface area (Å²) in [6.45, 7) is 7.67. The molecule has 2 rings (SSSR count). The van der Waals surface area contributed by atoms with E-state index in [2.05, 4.69) is 29.4 Å². The van der Waals surface area contributed by atoms with E-state index in [1.54, 1.807) is 0 Å². The van der Waals surface area contributed by atoms with Crippen LogP contribution in [-0.2, 0) is 14.4 Å². The standard InChI is InChI=1S/C24H38N4O3/c1-3-15-28(16-4-2)24(31)12-8-11-22(29)25-21-13-17-27(18-14-21)19-23(30)26-20-9-6-5-7-10-20/h5-7,9-10,21H,3-4,8,11-19H2,1-2H3,(H,25,29)(H,26,30). The van der Waals surface area contributed by atoms with Gasteiger partial charge in [0.1, 0.15) is 0 Å². The molecule has 0 radical (unpaired) electrons. The van der Waals surface area contributed by atoms with Crippen molar-refractivity contribution in [2.45, 2.75) is 64.8 Å². The van der Waals surface area contributed by atoms with Crippen molar-refractivity contribution in [3.05, 3.63) is 30.3 Å². The molecule has 0 unspecified atom stereocenters. The average Bonchev–Trinajstić information content (AvgIpc) is 2.75. The quantitative estimate of drug-likeness (QED) is 0.534. The fraction of sp³-hybridized carbons (Fsp3) is 0.625. The second-order valence-electron chi connectivity index (χ2n) is 8.27. The summed E-state index contributed by atoms with van der Waals surface area (Å²) in [7, 11) is 0. The summed E-state index contributed by atoms with van der Waals surface area (Å²) in [6.07, 6.45) is 5.00. The van der Waals surface area contributed by atoms with Gasteiger partial charge in [0.2, 0.25) is 17.7 Å². The first-order valence-electron chi connectivity index (χ1n) is 11.7. The molecule has 172 valence electrons. The van der Waals surface area contributed by atoms with Crippen LogP contribution in [0, 0.1) is 0 Å². The molecule has 1 aromatic carbocycles. The maximum absolute atomic E-state index is 12.3. The largest absolute Gasteiger partial charge is 0.353 e. The lowest BCUT2D eigenvalue weighted by atomic mass is 10.0. The Bertz CT molecular complexity index is 681. The first kappa shape index (κ1) is 24.9. The zero-order valence-electron chi connectivity index (χ0n) is 19.1. The van der Waals surface area contributed by atoms with Crippen molar-refractivity contribution in [3.8, 4) is 0 Å². The Morgan fingerprint density at radius 1 is 0.968 bits per heavy atom. The number of benzene rings is 1. The molecule has 1 heterocycles. The van der Waals surface area contributed by atoms with Gasteiger partial charge in [0, 0.05) is 50.7 Å². The molecule has 0 aromatic heterocycles. The van der Waals surface area contributed by atoms with Gasteiger partial charge in [-0.2, -0.15) is 0 Å². The Morgan fingerprint density at radius 3 is 2.23 bits per heavy atom. The highest BCUT2D eigenvalue weighted by Gasteiger charge is 2.22. The highest BCUT2D eigenvalue weighted by Crippen LogP contribution is 2.12.